The Morgan fingerprint density at radius 1 is 1.60 bits per heavy atom. The van der Waals surface area contributed by atoms with E-state index in [2.05, 4.69) is 17.0 Å². The van der Waals surface area contributed by atoms with Gasteiger partial charge in [-0.2, -0.15) is 5.10 Å². The Kier molecular flexibility index (Phi) is 3.26. The van der Waals surface area contributed by atoms with Crippen LogP contribution < -0.4 is 4.90 Å². The molecule has 0 bridgehead atoms. The average Bonchev–Trinajstić information content (AvgIpc) is 2.66. The number of aromatic nitrogens is 2. The third-order valence-corrected chi connectivity index (χ3v) is 2.88. The van der Waals surface area contributed by atoms with Gasteiger partial charge in [0.1, 0.15) is 0 Å². The molecule has 4 nitrogen and oxygen atoms in total. The highest BCUT2D eigenvalue weighted by atomic mass is 16.5. The molecule has 1 aromatic rings. The molecule has 2 rings (SSSR count). The van der Waals surface area contributed by atoms with Crippen LogP contribution in [0.3, 0.4) is 0 Å². The molecule has 0 radical (unpaired) electrons. The van der Waals surface area contributed by atoms with Crippen LogP contribution in [0.2, 0.25) is 0 Å². The zero-order chi connectivity index (χ0) is 10.7. The Bertz CT molecular complexity index is 305. The van der Waals surface area contributed by atoms with E-state index in [1.54, 1.807) is 0 Å². The molecule has 0 saturated carbocycles. The normalized spacial score (nSPS) is 21.6. The predicted octanol–water partition coefficient (Wildman–Crippen LogP) is 1.43. The number of hydrogen-bond acceptors (Lipinski definition) is 3. The Morgan fingerprint density at radius 2 is 2.47 bits per heavy atom. The van der Waals surface area contributed by atoms with Gasteiger partial charge in [-0.3, -0.25) is 4.68 Å². The van der Waals surface area contributed by atoms with Crippen LogP contribution in [-0.4, -0.2) is 36.1 Å². The van der Waals surface area contributed by atoms with Crippen molar-refractivity contribution in [2.45, 2.75) is 25.4 Å². The summed E-state index contributed by atoms with van der Waals surface area (Å²) in [6, 6.07) is 0. The molecule has 4 heteroatoms. The summed E-state index contributed by atoms with van der Waals surface area (Å²) in [5.74, 6) is 0. The van der Waals surface area contributed by atoms with Crippen molar-refractivity contribution in [1.82, 2.24) is 9.78 Å². The standard InChI is InChI=1S/C11H19N3O/c1-13(10-7-12-14(2)8-10)9-11-5-3-4-6-15-11/h7-8,11H,3-6,9H2,1-2H3/t11-/m1/s1. The monoisotopic (exact) mass is 209 g/mol. The minimum Gasteiger partial charge on any atom is -0.376 e. The molecule has 0 spiro atoms. The van der Waals surface area contributed by atoms with Crippen LogP contribution in [0.25, 0.3) is 0 Å². The van der Waals surface area contributed by atoms with E-state index in [0.29, 0.717) is 6.10 Å². The van der Waals surface area contributed by atoms with Crippen LogP contribution in [0, 0.1) is 0 Å². The molecule has 1 aliphatic heterocycles. The average molecular weight is 209 g/mol. The minimum atomic E-state index is 0.393. The van der Waals surface area contributed by atoms with E-state index in [1.165, 1.54) is 19.3 Å². The van der Waals surface area contributed by atoms with Crippen LogP contribution in [-0.2, 0) is 11.8 Å². The smallest absolute Gasteiger partial charge is 0.0750 e. The molecule has 1 atom stereocenters. The van der Waals surface area contributed by atoms with Crippen LogP contribution in [0.1, 0.15) is 19.3 Å². The van der Waals surface area contributed by atoms with E-state index < -0.39 is 0 Å². The number of hydrogen-bond donors (Lipinski definition) is 0. The van der Waals surface area contributed by atoms with E-state index in [1.807, 2.05) is 24.1 Å². The first kappa shape index (κ1) is 10.5. The van der Waals surface area contributed by atoms with Gasteiger partial charge in [-0.25, -0.2) is 0 Å². The second-order valence-corrected chi connectivity index (χ2v) is 4.24. The van der Waals surface area contributed by atoms with Gasteiger partial charge in [0.2, 0.25) is 0 Å². The van der Waals surface area contributed by atoms with Gasteiger partial charge in [-0.05, 0) is 19.3 Å². The van der Waals surface area contributed by atoms with Gasteiger partial charge in [0.05, 0.1) is 18.0 Å². The fourth-order valence-corrected chi connectivity index (χ4v) is 1.97. The molecule has 0 aromatic carbocycles. The van der Waals surface area contributed by atoms with Gasteiger partial charge in [-0.15, -0.1) is 0 Å². The highest BCUT2D eigenvalue weighted by molar-refractivity contribution is 5.41. The lowest BCUT2D eigenvalue weighted by molar-refractivity contribution is 0.0216. The molecular weight excluding hydrogens is 190 g/mol. The molecule has 0 unspecified atom stereocenters. The van der Waals surface area contributed by atoms with Crippen molar-refractivity contribution >= 4 is 5.69 Å². The summed E-state index contributed by atoms with van der Waals surface area (Å²) in [5.41, 5.74) is 1.16. The molecule has 84 valence electrons. The van der Waals surface area contributed by atoms with Gasteiger partial charge in [0.25, 0.3) is 0 Å². The first-order valence-electron chi connectivity index (χ1n) is 5.57. The predicted molar refractivity (Wildman–Crippen MR) is 60.1 cm³/mol. The molecule has 1 fully saturated rings. The molecule has 2 heterocycles. The number of anilines is 1. The molecule has 1 saturated heterocycles. The summed E-state index contributed by atoms with van der Waals surface area (Å²) in [7, 11) is 4.03. The van der Waals surface area contributed by atoms with E-state index >= 15 is 0 Å². The summed E-state index contributed by atoms with van der Waals surface area (Å²) < 4.78 is 7.53. The van der Waals surface area contributed by atoms with Gasteiger partial charge in [0.15, 0.2) is 0 Å². The molecule has 1 aliphatic rings. The number of nitrogens with zero attached hydrogens (tertiary/aromatic N) is 3. The van der Waals surface area contributed by atoms with Gasteiger partial charge in [-0.1, -0.05) is 0 Å². The fourth-order valence-electron chi connectivity index (χ4n) is 1.97. The van der Waals surface area contributed by atoms with Gasteiger partial charge in [0, 0.05) is 33.4 Å². The maximum absolute atomic E-state index is 5.71. The van der Waals surface area contributed by atoms with Crippen molar-refractivity contribution in [2.24, 2.45) is 7.05 Å². The fraction of sp³-hybridized carbons (Fsp3) is 0.727. The van der Waals surface area contributed by atoms with Crippen LogP contribution in [0.4, 0.5) is 5.69 Å². The Labute approximate surface area is 90.8 Å². The van der Waals surface area contributed by atoms with E-state index in [-0.39, 0.29) is 0 Å². The largest absolute Gasteiger partial charge is 0.376 e. The van der Waals surface area contributed by atoms with Crippen molar-refractivity contribution in [2.75, 3.05) is 25.1 Å². The van der Waals surface area contributed by atoms with Crippen LogP contribution >= 0.6 is 0 Å². The number of rotatable bonds is 3. The van der Waals surface area contributed by atoms with Crippen molar-refractivity contribution < 1.29 is 4.74 Å². The SMILES string of the molecule is CN(C[C@H]1CCCCO1)c1cnn(C)c1. The maximum Gasteiger partial charge on any atom is 0.0750 e. The highest BCUT2D eigenvalue weighted by Crippen LogP contribution is 2.16. The quantitative estimate of drug-likeness (QED) is 0.754. The third kappa shape index (κ3) is 2.72. The Morgan fingerprint density at radius 3 is 3.07 bits per heavy atom. The second-order valence-electron chi connectivity index (χ2n) is 4.24. The van der Waals surface area contributed by atoms with E-state index in [9.17, 15) is 0 Å². The molecular formula is C11H19N3O. The summed E-state index contributed by atoms with van der Waals surface area (Å²) in [5, 5.41) is 4.16. The third-order valence-electron chi connectivity index (χ3n) is 2.88. The van der Waals surface area contributed by atoms with Gasteiger partial charge >= 0.3 is 0 Å². The molecule has 0 amide bonds. The minimum absolute atomic E-state index is 0.393. The van der Waals surface area contributed by atoms with E-state index in [4.69, 9.17) is 4.74 Å². The lowest BCUT2D eigenvalue weighted by Gasteiger charge is -2.27. The van der Waals surface area contributed by atoms with Crippen LogP contribution in [0.5, 0.6) is 0 Å². The van der Waals surface area contributed by atoms with Crippen molar-refractivity contribution in [1.29, 1.82) is 0 Å². The Hall–Kier alpha value is -1.03. The van der Waals surface area contributed by atoms with Gasteiger partial charge < -0.3 is 9.64 Å². The van der Waals surface area contributed by atoms with Crippen molar-refractivity contribution in [3.63, 3.8) is 0 Å². The lowest BCUT2D eigenvalue weighted by Crippen LogP contribution is -2.33. The zero-order valence-electron chi connectivity index (χ0n) is 9.52. The maximum atomic E-state index is 5.71. The molecule has 0 aliphatic carbocycles. The van der Waals surface area contributed by atoms with Crippen molar-refractivity contribution in [3.05, 3.63) is 12.4 Å². The zero-order valence-corrected chi connectivity index (χ0v) is 9.52. The summed E-state index contributed by atoms with van der Waals surface area (Å²) in [6.45, 7) is 1.89. The molecule has 15 heavy (non-hydrogen) atoms. The van der Waals surface area contributed by atoms with Crippen molar-refractivity contribution in [3.8, 4) is 0 Å². The van der Waals surface area contributed by atoms with Crippen LogP contribution in [0.15, 0.2) is 12.4 Å². The number of aryl methyl sites for hydroxylation is 1. The summed E-state index contributed by atoms with van der Waals surface area (Å²) >= 11 is 0. The summed E-state index contributed by atoms with van der Waals surface area (Å²) in [4.78, 5) is 2.21. The first-order chi connectivity index (χ1) is 7.25. The molecule has 0 N–H and O–H groups in total. The highest BCUT2D eigenvalue weighted by Gasteiger charge is 2.16. The second kappa shape index (κ2) is 4.66. The summed E-state index contributed by atoms with van der Waals surface area (Å²) in [6.07, 6.45) is 8.01. The number of likely N-dealkylation sites (N-methyl/N-ethyl adjacent to an activating group) is 1. The lowest BCUT2D eigenvalue weighted by atomic mass is 10.1. The van der Waals surface area contributed by atoms with E-state index in [0.717, 1.165) is 18.8 Å². The number of ether oxygens (including phenoxy) is 1. The topological polar surface area (TPSA) is 30.3 Å². The first-order valence-corrected chi connectivity index (χ1v) is 5.57. The molecule has 1 aromatic heterocycles. The Balaban J connectivity index is 1.88.